The second-order valence-electron chi connectivity index (χ2n) is 2.93. The zero-order valence-electron chi connectivity index (χ0n) is 9.14. The lowest BCUT2D eigenvalue weighted by Gasteiger charge is -1.98. The van der Waals surface area contributed by atoms with E-state index in [2.05, 4.69) is 4.74 Å². The number of imide groups is 1. The summed E-state index contributed by atoms with van der Waals surface area (Å²) in [5, 5.41) is 8.57. The first-order valence-electron chi connectivity index (χ1n) is 4.76. The van der Waals surface area contributed by atoms with E-state index in [1.807, 2.05) is 22.6 Å². The molecule has 0 unspecified atom stereocenters. The van der Waals surface area contributed by atoms with E-state index in [0.717, 1.165) is 0 Å². The molecule has 1 aliphatic rings. The highest BCUT2D eigenvalue weighted by Crippen LogP contribution is 2.07. The molecule has 0 aromatic heterocycles. The lowest BCUT2D eigenvalue weighted by molar-refractivity contribution is -0.171. The van der Waals surface area contributed by atoms with E-state index in [-0.39, 0.29) is 28.8 Å². The van der Waals surface area contributed by atoms with E-state index in [1.165, 1.54) is 0 Å². The van der Waals surface area contributed by atoms with Gasteiger partial charge in [0.1, 0.15) is 0 Å². The van der Waals surface area contributed by atoms with E-state index in [0.29, 0.717) is 0 Å². The Morgan fingerprint density at radius 2 is 1.76 bits per heavy atom. The van der Waals surface area contributed by atoms with Gasteiger partial charge in [0.05, 0.1) is 4.43 Å². The van der Waals surface area contributed by atoms with Crippen LogP contribution in [-0.4, -0.2) is 38.5 Å². The van der Waals surface area contributed by atoms with Crippen molar-refractivity contribution in [2.45, 2.75) is 26.2 Å². The summed E-state index contributed by atoms with van der Waals surface area (Å²) < 4.78 is 4.49. The van der Waals surface area contributed by atoms with Gasteiger partial charge in [-0.1, -0.05) is 29.5 Å². The summed E-state index contributed by atoms with van der Waals surface area (Å²) in [6, 6.07) is 0. The van der Waals surface area contributed by atoms with E-state index >= 15 is 0 Å². The maximum atomic E-state index is 10.3. The van der Waals surface area contributed by atoms with Crippen molar-refractivity contribution in [1.82, 2.24) is 5.06 Å². The number of hydroxylamine groups is 2. The van der Waals surface area contributed by atoms with E-state index in [4.69, 9.17) is 5.21 Å². The molecule has 8 heteroatoms. The van der Waals surface area contributed by atoms with Crippen molar-refractivity contribution in [1.29, 1.82) is 0 Å². The minimum absolute atomic E-state index is 0.148. The number of hydrogen-bond donors (Lipinski definition) is 1. The molecule has 17 heavy (non-hydrogen) atoms. The fourth-order valence-corrected chi connectivity index (χ4v) is 0.947. The molecule has 0 bridgehead atoms. The van der Waals surface area contributed by atoms with Crippen molar-refractivity contribution >= 4 is 46.3 Å². The summed E-state index contributed by atoms with van der Waals surface area (Å²) in [4.78, 5) is 41.1. The van der Waals surface area contributed by atoms with Crippen molar-refractivity contribution in [3.8, 4) is 0 Å². The zero-order valence-corrected chi connectivity index (χ0v) is 11.3. The third-order valence-corrected chi connectivity index (χ3v) is 2.27. The molecule has 1 fully saturated rings. The first-order valence-corrected chi connectivity index (χ1v) is 6.29. The van der Waals surface area contributed by atoms with Gasteiger partial charge in [0, 0.05) is 19.3 Å². The highest BCUT2D eigenvalue weighted by atomic mass is 127. The Bertz CT molecular complexity index is 299. The van der Waals surface area contributed by atoms with Crippen molar-refractivity contribution in [2.24, 2.45) is 0 Å². The van der Waals surface area contributed by atoms with Crippen LogP contribution in [0.2, 0.25) is 0 Å². The first-order chi connectivity index (χ1) is 7.92. The summed E-state index contributed by atoms with van der Waals surface area (Å²) in [7, 11) is 0. The molecule has 1 saturated heterocycles. The molecule has 7 nitrogen and oxygen atoms in total. The second kappa shape index (κ2) is 8.12. The quantitative estimate of drug-likeness (QED) is 0.192. The van der Waals surface area contributed by atoms with Crippen LogP contribution in [0.4, 0.5) is 0 Å². The van der Waals surface area contributed by atoms with Gasteiger partial charge in [0.15, 0.2) is 0 Å². The normalized spacial score (nSPS) is 14.2. The third-order valence-electron chi connectivity index (χ3n) is 1.65. The van der Waals surface area contributed by atoms with Gasteiger partial charge in [-0.15, -0.1) is 0 Å². The van der Waals surface area contributed by atoms with Crippen molar-refractivity contribution in [3.05, 3.63) is 0 Å². The third kappa shape index (κ3) is 6.31. The summed E-state index contributed by atoms with van der Waals surface area (Å²) in [5.74, 6) is -1.94. The SMILES string of the molecule is CCC(=O)OC(=O)CI.O=C1CCC(=O)N1O. The molecule has 0 aromatic rings. The molecular weight excluding hydrogens is 345 g/mol. The van der Waals surface area contributed by atoms with Crippen LogP contribution >= 0.6 is 22.6 Å². The average molecular weight is 357 g/mol. The average Bonchev–Trinajstić information content (AvgIpc) is 2.61. The zero-order chi connectivity index (χ0) is 13.4. The van der Waals surface area contributed by atoms with Crippen molar-refractivity contribution < 1.29 is 29.1 Å². The van der Waals surface area contributed by atoms with E-state index < -0.39 is 23.8 Å². The molecule has 1 heterocycles. The van der Waals surface area contributed by atoms with Crippen LogP contribution in [0.5, 0.6) is 0 Å². The van der Waals surface area contributed by atoms with Crippen molar-refractivity contribution in [2.75, 3.05) is 4.43 Å². The predicted octanol–water partition coefficient (Wildman–Crippen LogP) is 0.426. The fourth-order valence-electron chi connectivity index (χ4n) is 0.791. The van der Waals surface area contributed by atoms with Crippen LogP contribution in [0.1, 0.15) is 26.2 Å². The number of halogens is 1. The number of ether oxygens (including phenoxy) is 1. The molecule has 0 saturated carbocycles. The standard InChI is InChI=1S/C5H7IO3.C4H5NO3/c1-2-4(7)9-5(8)3-6;6-3-1-2-4(7)5(3)8/h2-3H2,1H3;8H,1-2H2. The Morgan fingerprint density at radius 1 is 1.29 bits per heavy atom. The van der Waals surface area contributed by atoms with Gasteiger partial charge < -0.3 is 4.74 Å². The Labute approximate surface area is 111 Å². The molecule has 1 N–H and O–H groups in total. The molecule has 96 valence electrons. The summed E-state index contributed by atoms with van der Waals surface area (Å²) in [5.41, 5.74) is 0. The highest BCUT2D eigenvalue weighted by Gasteiger charge is 2.26. The van der Waals surface area contributed by atoms with Crippen LogP contribution < -0.4 is 0 Å². The van der Waals surface area contributed by atoms with Gasteiger partial charge >= 0.3 is 11.9 Å². The van der Waals surface area contributed by atoms with Crippen LogP contribution in [0, 0.1) is 0 Å². The first kappa shape index (κ1) is 16.0. The van der Waals surface area contributed by atoms with Crippen LogP contribution in [-0.2, 0) is 23.9 Å². The molecule has 0 atom stereocenters. The number of carbonyl (C=O) groups excluding carboxylic acids is 4. The molecule has 0 radical (unpaired) electrons. The molecule has 0 spiro atoms. The van der Waals surface area contributed by atoms with Crippen LogP contribution in [0.3, 0.4) is 0 Å². The van der Waals surface area contributed by atoms with Gasteiger partial charge in [-0.25, -0.2) is 0 Å². The number of hydrogen-bond acceptors (Lipinski definition) is 6. The van der Waals surface area contributed by atoms with Gasteiger partial charge in [0.2, 0.25) is 0 Å². The van der Waals surface area contributed by atoms with Gasteiger partial charge in [-0.3, -0.25) is 24.4 Å². The Balaban J connectivity index is 0.000000302. The predicted molar refractivity (Wildman–Crippen MR) is 63.2 cm³/mol. The minimum atomic E-state index is -0.505. The van der Waals surface area contributed by atoms with E-state index in [9.17, 15) is 19.2 Å². The van der Waals surface area contributed by atoms with Crippen LogP contribution in [0.25, 0.3) is 0 Å². The maximum Gasteiger partial charge on any atom is 0.323 e. The number of amides is 2. The monoisotopic (exact) mass is 357 g/mol. The molecule has 0 aromatic carbocycles. The Hall–Kier alpha value is -1.03. The minimum Gasteiger partial charge on any atom is -0.393 e. The lowest BCUT2D eigenvalue weighted by Crippen LogP contribution is -2.24. The molecular formula is C9H12INO6. The number of rotatable bonds is 2. The second-order valence-corrected chi connectivity index (χ2v) is 3.70. The summed E-state index contributed by atoms with van der Waals surface area (Å²) in [6.45, 7) is 1.64. The molecule has 2 amide bonds. The number of alkyl halides is 1. The highest BCUT2D eigenvalue weighted by molar-refractivity contribution is 14.1. The smallest absolute Gasteiger partial charge is 0.323 e. The topological polar surface area (TPSA) is 101 Å². The largest absolute Gasteiger partial charge is 0.393 e. The fraction of sp³-hybridized carbons (Fsp3) is 0.556. The number of nitrogens with zero attached hydrogens (tertiary/aromatic N) is 1. The van der Waals surface area contributed by atoms with E-state index in [1.54, 1.807) is 6.92 Å². The van der Waals surface area contributed by atoms with Crippen molar-refractivity contribution in [3.63, 3.8) is 0 Å². The van der Waals surface area contributed by atoms with Gasteiger partial charge in [-0.2, -0.15) is 5.06 Å². The lowest BCUT2D eigenvalue weighted by atomic mass is 10.4. The Kier molecular flexibility index (Phi) is 7.63. The maximum absolute atomic E-state index is 10.3. The molecule has 1 rings (SSSR count). The summed E-state index contributed by atoms with van der Waals surface area (Å²) >= 11 is 1.84. The number of esters is 2. The Morgan fingerprint density at radius 3 is 2.00 bits per heavy atom. The number of carbonyl (C=O) groups is 4. The van der Waals surface area contributed by atoms with Crippen LogP contribution in [0.15, 0.2) is 0 Å². The van der Waals surface area contributed by atoms with Gasteiger partial charge in [0.25, 0.3) is 11.8 Å². The van der Waals surface area contributed by atoms with Gasteiger partial charge in [-0.05, 0) is 0 Å². The molecule has 0 aliphatic carbocycles. The summed E-state index contributed by atoms with van der Waals surface area (Å²) in [6.07, 6.45) is 0.549. The molecule has 1 aliphatic heterocycles.